The number of imidazole rings is 1. The number of amides is 1. The van der Waals surface area contributed by atoms with Crippen LogP contribution in [0, 0.1) is 5.92 Å². The van der Waals surface area contributed by atoms with E-state index in [4.69, 9.17) is 9.72 Å². The number of nitrogens with zero attached hydrogens (tertiary/aromatic N) is 2. The van der Waals surface area contributed by atoms with E-state index in [9.17, 15) is 4.79 Å². The summed E-state index contributed by atoms with van der Waals surface area (Å²) >= 11 is 0. The molecule has 1 amide bonds. The molecule has 4 rings (SSSR count). The molecule has 1 aliphatic rings. The second-order valence-corrected chi connectivity index (χ2v) is 9.79. The van der Waals surface area contributed by atoms with Crippen molar-refractivity contribution in [1.82, 2.24) is 14.9 Å². The summed E-state index contributed by atoms with van der Waals surface area (Å²) in [7, 11) is 0. The van der Waals surface area contributed by atoms with E-state index in [-0.39, 0.29) is 11.8 Å². The number of hydrogen-bond donors (Lipinski definition) is 1. The number of carbonyl (C=O) groups is 1. The summed E-state index contributed by atoms with van der Waals surface area (Å²) in [5, 5.41) is 3.17. The molecule has 0 radical (unpaired) electrons. The standard InChI is InChI=1S/C29H39N3O2/c1-22(2)24-14-6-9-17-27(24)34-21-11-10-20-32-26-16-8-7-15-25(26)31-28(32)18-19-30-29(33)23-12-4-3-5-13-23/h6-9,14-17,22-23H,3-5,10-13,18-21H2,1-2H3,(H,30,33). The highest BCUT2D eigenvalue weighted by Gasteiger charge is 2.20. The van der Waals surface area contributed by atoms with Gasteiger partial charge in [-0.25, -0.2) is 4.98 Å². The monoisotopic (exact) mass is 461 g/mol. The van der Waals surface area contributed by atoms with Crippen molar-refractivity contribution >= 4 is 16.9 Å². The molecule has 1 N–H and O–H groups in total. The van der Waals surface area contributed by atoms with Crippen molar-refractivity contribution in [2.24, 2.45) is 5.92 Å². The van der Waals surface area contributed by atoms with Gasteiger partial charge < -0.3 is 14.6 Å². The van der Waals surface area contributed by atoms with Crippen LogP contribution in [0.15, 0.2) is 48.5 Å². The molecule has 2 aromatic carbocycles. The maximum Gasteiger partial charge on any atom is 0.223 e. The third kappa shape index (κ3) is 6.19. The second kappa shape index (κ2) is 12.0. The lowest BCUT2D eigenvalue weighted by atomic mass is 9.89. The molecule has 34 heavy (non-hydrogen) atoms. The second-order valence-electron chi connectivity index (χ2n) is 9.79. The van der Waals surface area contributed by atoms with Gasteiger partial charge in [0.05, 0.1) is 17.6 Å². The number of nitrogens with one attached hydrogen (secondary N) is 1. The lowest BCUT2D eigenvalue weighted by Gasteiger charge is -2.20. The summed E-state index contributed by atoms with van der Waals surface area (Å²) in [6.07, 6.45) is 8.46. The van der Waals surface area contributed by atoms with E-state index >= 15 is 0 Å². The van der Waals surface area contributed by atoms with Crippen LogP contribution < -0.4 is 10.1 Å². The molecule has 1 heterocycles. The first-order valence-corrected chi connectivity index (χ1v) is 13.1. The van der Waals surface area contributed by atoms with Gasteiger partial charge in [0.15, 0.2) is 0 Å². The Morgan fingerprint density at radius 2 is 1.82 bits per heavy atom. The molecule has 182 valence electrons. The van der Waals surface area contributed by atoms with Gasteiger partial charge in [-0.2, -0.15) is 0 Å². The number of aryl methyl sites for hydroxylation is 1. The number of carbonyl (C=O) groups excluding carboxylic acids is 1. The topological polar surface area (TPSA) is 56.1 Å². The average molecular weight is 462 g/mol. The smallest absolute Gasteiger partial charge is 0.223 e. The fourth-order valence-electron chi connectivity index (χ4n) is 5.02. The zero-order valence-corrected chi connectivity index (χ0v) is 20.8. The van der Waals surface area contributed by atoms with Crippen LogP contribution in [0.3, 0.4) is 0 Å². The Morgan fingerprint density at radius 3 is 2.65 bits per heavy atom. The predicted octanol–water partition coefficient (Wildman–Crippen LogP) is 6.26. The molecule has 5 nitrogen and oxygen atoms in total. The van der Waals surface area contributed by atoms with E-state index in [0.717, 1.165) is 55.7 Å². The van der Waals surface area contributed by atoms with Crippen molar-refractivity contribution in [2.45, 2.75) is 77.7 Å². The molecular formula is C29H39N3O2. The van der Waals surface area contributed by atoms with E-state index in [2.05, 4.69) is 60.1 Å². The van der Waals surface area contributed by atoms with Gasteiger partial charge in [-0.15, -0.1) is 0 Å². The molecule has 1 fully saturated rings. The van der Waals surface area contributed by atoms with Gasteiger partial charge in [-0.1, -0.05) is 63.4 Å². The third-order valence-electron chi connectivity index (χ3n) is 6.93. The van der Waals surface area contributed by atoms with Crippen molar-refractivity contribution in [3.8, 4) is 5.75 Å². The van der Waals surface area contributed by atoms with Gasteiger partial charge in [-0.3, -0.25) is 4.79 Å². The number of unbranched alkanes of at least 4 members (excludes halogenated alkanes) is 1. The molecule has 1 aromatic heterocycles. The molecule has 0 aliphatic heterocycles. The molecule has 0 atom stereocenters. The average Bonchev–Trinajstić information content (AvgIpc) is 3.21. The minimum absolute atomic E-state index is 0.202. The maximum atomic E-state index is 12.5. The zero-order valence-electron chi connectivity index (χ0n) is 20.8. The summed E-state index contributed by atoms with van der Waals surface area (Å²) < 4.78 is 8.44. The Morgan fingerprint density at radius 1 is 1.06 bits per heavy atom. The van der Waals surface area contributed by atoms with Crippen LogP contribution in [0.2, 0.25) is 0 Å². The van der Waals surface area contributed by atoms with E-state index < -0.39 is 0 Å². The van der Waals surface area contributed by atoms with Crippen molar-refractivity contribution in [3.63, 3.8) is 0 Å². The van der Waals surface area contributed by atoms with Gasteiger partial charge in [-0.05, 0) is 55.4 Å². The Balaban J connectivity index is 1.31. The summed E-state index contributed by atoms with van der Waals surface area (Å²) in [6.45, 7) is 6.66. The van der Waals surface area contributed by atoms with Gasteiger partial charge in [0.1, 0.15) is 11.6 Å². The minimum atomic E-state index is 0.202. The molecule has 0 spiro atoms. The van der Waals surface area contributed by atoms with Crippen LogP contribution in [0.1, 0.15) is 76.1 Å². The molecule has 0 bridgehead atoms. The van der Waals surface area contributed by atoms with Gasteiger partial charge in [0.25, 0.3) is 0 Å². The van der Waals surface area contributed by atoms with E-state index in [0.29, 0.717) is 19.1 Å². The number of fused-ring (bicyclic) bond motifs is 1. The van der Waals surface area contributed by atoms with Crippen LogP contribution in [0.25, 0.3) is 11.0 Å². The molecule has 0 unspecified atom stereocenters. The number of hydrogen-bond acceptors (Lipinski definition) is 3. The summed E-state index contributed by atoms with van der Waals surface area (Å²) in [5.74, 6) is 2.93. The fourth-order valence-corrected chi connectivity index (χ4v) is 5.02. The van der Waals surface area contributed by atoms with Crippen LogP contribution in [0.4, 0.5) is 0 Å². The lowest BCUT2D eigenvalue weighted by Crippen LogP contribution is -2.33. The SMILES string of the molecule is CC(C)c1ccccc1OCCCCn1c(CCNC(=O)C2CCCCC2)nc2ccccc21. The van der Waals surface area contributed by atoms with Crippen molar-refractivity contribution in [1.29, 1.82) is 0 Å². The molecule has 0 saturated heterocycles. The first-order valence-electron chi connectivity index (χ1n) is 13.1. The summed E-state index contributed by atoms with van der Waals surface area (Å²) in [4.78, 5) is 17.4. The van der Waals surface area contributed by atoms with E-state index in [1.807, 2.05) is 12.1 Å². The largest absolute Gasteiger partial charge is 0.493 e. The van der Waals surface area contributed by atoms with Crippen molar-refractivity contribution in [2.75, 3.05) is 13.2 Å². The van der Waals surface area contributed by atoms with Gasteiger partial charge in [0, 0.05) is 25.4 Å². The van der Waals surface area contributed by atoms with E-state index in [1.54, 1.807) is 0 Å². The van der Waals surface area contributed by atoms with Gasteiger partial charge >= 0.3 is 0 Å². The van der Waals surface area contributed by atoms with E-state index in [1.165, 1.54) is 30.3 Å². The highest BCUT2D eigenvalue weighted by molar-refractivity contribution is 5.78. The quantitative estimate of drug-likeness (QED) is 0.343. The first-order chi connectivity index (χ1) is 16.6. The highest BCUT2D eigenvalue weighted by Crippen LogP contribution is 2.26. The normalized spacial score (nSPS) is 14.6. The molecule has 1 aliphatic carbocycles. The van der Waals surface area contributed by atoms with Crippen LogP contribution in [0.5, 0.6) is 5.75 Å². The number of aromatic nitrogens is 2. The van der Waals surface area contributed by atoms with Crippen LogP contribution in [-0.4, -0.2) is 28.6 Å². The number of benzene rings is 2. The third-order valence-corrected chi connectivity index (χ3v) is 6.93. The van der Waals surface area contributed by atoms with Crippen molar-refractivity contribution in [3.05, 3.63) is 59.9 Å². The maximum absolute atomic E-state index is 12.5. The first kappa shape index (κ1) is 24.3. The van der Waals surface area contributed by atoms with Crippen LogP contribution in [-0.2, 0) is 17.8 Å². The predicted molar refractivity (Wildman–Crippen MR) is 138 cm³/mol. The van der Waals surface area contributed by atoms with Crippen LogP contribution >= 0.6 is 0 Å². The minimum Gasteiger partial charge on any atom is -0.493 e. The number of rotatable bonds is 11. The molecular weight excluding hydrogens is 422 g/mol. The Kier molecular flexibility index (Phi) is 8.62. The Bertz CT molecular complexity index is 1070. The summed E-state index contributed by atoms with van der Waals surface area (Å²) in [6, 6.07) is 16.7. The fraction of sp³-hybridized carbons (Fsp3) is 0.517. The molecule has 3 aromatic rings. The summed E-state index contributed by atoms with van der Waals surface area (Å²) in [5.41, 5.74) is 3.46. The number of ether oxygens (including phenoxy) is 1. The lowest BCUT2D eigenvalue weighted by molar-refractivity contribution is -0.125. The molecule has 1 saturated carbocycles. The molecule has 5 heteroatoms. The van der Waals surface area contributed by atoms with Crippen molar-refractivity contribution < 1.29 is 9.53 Å². The number of para-hydroxylation sites is 3. The Labute approximate surface area is 203 Å². The highest BCUT2D eigenvalue weighted by atomic mass is 16.5. The zero-order chi connectivity index (χ0) is 23.8. The van der Waals surface area contributed by atoms with Gasteiger partial charge in [0.2, 0.25) is 5.91 Å². The Hall–Kier alpha value is -2.82.